The molecule has 1 atom stereocenters. The Labute approximate surface area is 130 Å². The molecule has 0 spiro atoms. The SMILES string of the molecule is O=C1CC(Nc2ncnc3ccc(Br)cc23)CN1C1CC1. The lowest BCUT2D eigenvalue weighted by atomic mass is 10.2. The predicted octanol–water partition coefficient (Wildman–Crippen LogP) is 2.57. The number of anilines is 1. The third-order valence-corrected chi connectivity index (χ3v) is 4.58. The summed E-state index contributed by atoms with van der Waals surface area (Å²) < 4.78 is 0.995. The smallest absolute Gasteiger partial charge is 0.225 e. The quantitative estimate of drug-likeness (QED) is 0.927. The highest BCUT2D eigenvalue weighted by molar-refractivity contribution is 9.10. The topological polar surface area (TPSA) is 58.1 Å². The van der Waals surface area contributed by atoms with E-state index in [-0.39, 0.29) is 11.9 Å². The minimum absolute atomic E-state index is 0.134. The number of amides is 1. The zero-order valence-corrected chi connectivity index (χ0v) is 13.0. The molecule has 1 aromatic carbocycles. The van der Waals surface area contributed by atoms with Crippen LogP contribution in [0.2, 0.25) is 0 Å². The molecule has 2 aromatic rings. The van der Waals surface area contributed by atoms with Gasteiger partial charge >= 0.3 is 0 Å². The monoisotopic (exact) mass is 346 g/mol. The molecule has 5 nitrogen and oxygen atoms in total. The summed E-state index contributed by atoms with van der Waals surface area (Å²) in [6, 6.07) is 6.55. The lowest BCUT2D eigenvalue weighted by molar-refractivity contribution is -0.128. The third-order valence-electron chi connectivity index (χ3n) is 4.08. The summed E-state index contributed by atoms with van der Waals surface area (Å²) in [4.78, 5) is 22.7. The Morgan fingerprint density at radius 2 is 2.14 bits per heavy atom. The number of fused-ring (bicyclic) bond motifs is 1. The Morgan fingerprint density at radius 1 is 1.29 bits per heavy atom. The van der Waals surface area contributed by atoms with Gasteiger partial charge in [0.05, 0.1) is 11.6 Å². The summed E-state index contributed by atoms with van der Waals surface area (Å²) in [5.74, 6) is 1.06. The van der Waals surface area contributed by atoms with Crippen LogP contribution in [-0.2, 0) is 4.79 Å². The van der Waals surface area contributed by atoms with Crippen molar-refractivity contribution in [1.82, 2.24) is 14.9 Å². The Hall–Kier alpha value is -1.69. The van der Waals surface area contributed by atoms with Crippen molar-refractivity contribution in [2.24, 2.45) is 0 Å². The summed E-state index contributed by atoms with van der Waals surface area (Å²) in [5, 5.41) is 4.40. The molecular formula is C15H15BrN4O. The van der Waals surface area contributed by atoms with Crippen LogP contribution in [0.25, 0.3) is 10.9 Å². The van der Waals surface area contributed by atoms with E-state index in [0.29, 0.717) is 12.5 Å². The van der Waals surface area contributed by atoms with Gasteiger partial charge < -0.3 is 10.2 Å². The van der Waals surface area contributed by atoms with E-state index in [9.17, 15) is 4.79 Å². The molecule has 2 heterocycles. The largest absolute Gasteiger partial charge is 0.364 e. The van der Waals surface area contributed by atoms with Crippen LogP contribution in [0.15, 0.2) is 29.0 Å². The van der Waals surface area contributed by atoms with Crippen molar-refractivity contribution in [3.63, 3.8) is 0 Å². The summed E-state index contributed by atoms with van der Waals surface area (Å²) in [7, 11) is 0. The van der Waals surface area contributed by atoms with E-state index in [1.54, 1.807) is 6.33 Å². The normalized spacial score (nSPS) is 22.0. The first-order valence-electron chi connectivity index (χ1n) is 7.17. The van der Waals surface area contributed by atoms with Crippen LogP contribution >= 0.6 is 15.9 Å². The number of carbonyl (C=O) groups is 1. The third kappa shape index (κ3) is 2.48. The highest BCUT2D eigenvalue weighted by atomic mass is 79.9. The van der Waals surface area contributed by atoms with E-state index >= 15 is 0 Å². The molecule has 0 bridgehead atoms. The number of hydrogen-bond donors (Lipinski definition) is 1. The van der Waals surface area contributed by atoms with Gasteiger partial charge in [0, 0.05) is 28.9 Å². The minimum atomic E-state index is 0.134. The first-order valence-corrected chi connectivity index (χ1v) is 7.96. The van der Waals surface area contributed by atoms with Crippen molar-refractivity contribution >= 4 is 38.6 Å². The molecule has 2 aliphatic rings. The molecule has 1 amide bonds. The fourth-order valence-corrected chi connectivity index (χ4v) is 3.27. The molecule has 1 aliphatic heterocycles. The highest BCUT2D eigenvalue weighted by Gasteiger charge is 2.39. The van der Waals surface area contributed by atoms with Crippen LogP contribution in [0.4, 0.5) is 5.82 Å². The number of aromatic nitrogens is 2. The molecule has 2 fully saturated rings. The second-order valence-electron chi connectivity index (χ2n) is 5.71. The lowest BCUT2D eigenvalue weighted by Crippen LogP contribution is -2.29. The standard InChI is InChI=1S/C15H15BrN4O/c16-9-1-4-13-12(5-9)15(18-8-17-13)19-10-6-14(21)20(7-10)11-2-3-11/h1,4-5,8,10-11H,2-3,6-7H2,(H,17,18,19). The van der Waals surface area contributed by atoms with Gasteiger partial charge in [0.15, 0.2) is 0 Å². The van der Waals surface area contributed by atoms with Crippen LogP contribution in [-0.4, -0.2) is 39.4 Å². The maximum absolute atomic E-state index is 12.0. The summed E-state index contributed by atoms with van der Waals surface area (Å²) >= 11 is 3.48. The van der Waals surface area contributed by atoms with Crippen molar-refractivity contribution < 1.29 is 4.79 Å². The molecule has 108 valence electrons. The average Bonchev–Trinajstić information content (AvgIpc) is 3.24. The Balaban J connectivity index is 1.60. The van der Waals surface area contributed by atoms with E-state index in [1.807, 2.05) is 23.1 Å². The summed E-state index contributed by atoms with van der Waals surface area (Å²) in [6.45, 7) is 0.781. The zero-order chi connectivity index (χ0) is 14.4. The second-order valence-corrected chi connectivity index (χ2v) is 6.62. The van der Waals surface area contributed by atoms with Crippen LogP contribution in [0.3, 0.4) is 0 Å². The van der Waals surface area contributed by atoms with Crippen molar-refractivity contribution in [2.75, 3.05) is 11.9 Å². The minimum Gasteiger partial charge on any atom is -0.364 e. The fraction of sp³-hybridized carbons (Fsp3) is 0.400. The lowest BCUT2D eigenvalue weighted by Gasteiger charge is -2.17. The number of carbonyl (C=O) groups excluding carboxylic acids is 1. The van der Waals surface area contributed by atoms with Gasteiger partial charge in [-0.25, -0.2) is 9.97 Å². The zero-order valence-electron chi connectivity index (χ0n) is 11.4. The fourth-order valence-electron chi connectivity index (χ4n) is 2.90. The number of benzene rings is 1. The second kappa shape index (κ2) is 4.94. The van der Waals surface area contributed by atoms with Gasteiger partial charge in [0.1, 0.15) is 12.1 Å². The maximum atomic E-state index is 12.0. The molecule has 21 heavy (non-hydrogen) atoms. The van der Waals surface area contributed by atoms with E-state index in [0.717, 1.165) is 40.6 Å². The molecule has 6 heteroatoms. The summed E-state index contributed by atoms with van der Waals surface area (Å²) in [6.07, 6.45) is 4.42. The number of likely N-dealkylation sites (tertiary alicyclic amines) is 1. The molecule has 0 radical (unpaired) electrons. The van der Waals surface area contributed by atoms with Gasteiger partial charge in [-0.1, -0.05) is 15.9 Å². The van der Waals surface area contributed by atoms with E-state index < -0.39 is 0 Å². The molecule has 1 saturated heterocycles. The highest BCUT2D eigenvalue weighted by Crippen LogP contribution is 2.32. The van der Waals surface area contributed by atoms with Crippen molar-refractivity contribution in [2.45, 2.75) is 31.3 Å². The van der Waals surface area contributed by atoms with Crippen LogP contribution in [0.1, 0.15) is 19.3 Å². The van der Waals surface area contributed by atoms with Crippen LogP contribution in [0, 0.1) is 0 Å². The van der Waals surface area contributed by atoms with Gasteiger partial charge in [-0.3, -0.25) is 4.79 Å². The van der Waals surface area contributed by atoms with E-state index in [4.69, 9.17) is 0 Å². The molecular weight excluding hydrogens is 332 g/mol. The van der Waals surface area contributed by atoms with Crippen LogP contribution in [0.5, 0.6) is 0 Å². The first kappa shape index (κ1) is 13.0. The number of nitrogens with one attached hydrogen (secondary N) is 1. The predicted molar refractivity (Wildman–Crippen MR) is 84.0 cm³/mol. The molecule has 1 N–H and O–H groups in total. The van der Waals surface area contributed by atoms with Gasteiger partial charge in [-0.15, -0.1) is 0 Å². The Kier molecular flexibility index (Phi) is 3.06. The maximum Gasteiger partial charge on any atom is 0.225 e. The van der Waals surface area contributed by atoms with Gasteiger partial charge in [0.25, 0.3) is 0 Å². The van der Waals surface area contributed by atoms with Gasteiger partial charge in [-0.2, -0.15) is 0 Å². The Bertz CT molecular complexity index is 716. The number of nitrogens with zero attached hydrogens (tertiary/aromatic N) is 3. The number of hydrogen-bond acceptors (Lipinski definition) is 4. The van der Waals surface area contributed by atoms with Crippen molar-refractivity contribution in [3.8, 4) is 0 Å². The molecule has 4 rings (SSSR count). The van der Waals surface area contributed by atoms with Gasteiger partial charge in [0.2, 0.25) is 5.91 Å². The molecule has 1 aromatic heterocycles. The molecule has 1 unspecified atom stereocenters. The first-order chi connectivity index (χ1) is 10.2. The van der Waals surface area contributed by atoms with Crippen LogP contribution < -0.4 is 5.32 Å². The average molecular weight is 347 g/mol. The van der Waals surface area contributed by atoms with E-state index in [2.05, 4.69) is 31.2 Å². The van der Waals surface area contributed by atoms with Crippen molar-refractivity contribution in [1.29, 1.82) is 0 Å². The van der Waals surface area contributed by atoms with E-state index in [1.165, 1.54) is 0 Å². The number of halogens is 1. The molecule has 1 saturated carbocycles. The number of rotatable bonds is 3. The van der Waals surface area contributed by atoms with Gasteiger partial charge in [-0.05, 0) is 31.0 Å². The molecule has 1 aliphatic carbocycles. The summed E-state index contributed by atoms with van der Waals surface area (Å²) in [5.41, 5.74) is 0.902. The Morgan fingerprint density at radius 3 is 2.95 bits per heavy atom. The van der Waals surface area contributed by atoms with Crippen molar-refractivity contribution in [3.05, 3.63) is 29.0 Å².